The summed E-state index contributed by atoms with van der Waals surface area (Å²) in [6, 6.07) is 11.8. The molecule has 1 atom stereocenters. The van der Waals surface area contributed by atoms with Crippen LogP contribution in [0.5, 0.6) is 11.5 Å². The number of hydrogen-bond acceptors (Lipinski definition) is 9. The molecule has 1 fully saturated rings. The van der Waals surface area contributed by atoms with Crippen molar-refractivity contribution in [2.45, 2.75) is 19.4 Å². The van der Waals surface area contributed by atoms with Gasteiger partial charge in [0.05, 0.1) is 29.7 Å². The zero-order valence-corrected chi connectivity index (χ0v) is 20.3. The minimum atomic E-state index is 0.230. The second kappa shape index (κ2) is 9.04. The first-order valence-electron chi connectivity index (χ1n) is 11.8. The number of nitrogens with one attached hydrogen (secondary N) is 1. The molecule has 0 bridgehead atoms. The number of rotatable bonds is 7. The zero-order valence-electron chi connectivity index (χ0n) is 20.3. The van der Waals surface area contributed by atoms with Crippen molar-refractivity contribution in [3.8, 4) is 11.5 Å². The van der Waals surface area contributed by atoms with Crippen LogP contribution < -0.4 is 15.0 Å². The summed E-state index contributed by atoms with van der Waals surface area (Å²) in [5.41, 5.74) is 5.14. The molecule has 3 aromatic heterocycles. The van der Waals surface area contributed by atoms with Crippen molar-refractivity contribution in [3.63, 3.8) is 0 Å². The normalized spacial score (nSPS) is 15.1. The van der Waals surface area contributed by atoms with Crippen molar-refractivity contribution in [1.29, 1.82) is 0 Å². The Balaban J connectivity index is 1.23. The first kappa shape index (κ1) is 22.2. The van der Waals surface area contributed by atoms with Crippen molar-refractivity contribution >= 4 is 39.5 Å². The third-order valence-electron chi connectivity index (χ3n) is 6.34. The first-order chi connectivity index (χ1) is 17.5. The van der Waals surface area contributed by atoms with Crippen molar-refractivity contribution in [2.24, 2.45) is 7.05 Å². The monoisotopic (exact) mass is 482 g/mol. The highest BCUT2D eigenvalue weighted by molar-refractivity contribution is 5.87. The average molecular weight is 483 g/mol. The Morgan fingerprint density at radius 2 is 2.00 bits per heavy atom. The Bertz CT molecular complexity index is 1560. The van der Waals surface area contributed by atoms with E-state index in [1.54, 1.807) is 12.5 Å². The largest absolute Gasteiger partial charge is 0.457 e. The van der Waals surface area contributed by atoms with Gasteiger partial charge in [-0.2, -0.15) is 0 Å². The van der Waals surface area contributed by atoms with E-state index in [0.29, 0.717) is 22.8 Å². The van der Waals surface area contributed by atoms with E-state index in [1.165, 1.54) is 6.33 Å². The molecule has 1 aliphatic heterocycles. The Morgan fingerprint density at radius 3 is 2.81 bits per heavy atom. The molecule has 5 aromatic rings. The van der Waals surface area contributed by atoms with Crippen LogP contribution >= 0.6 is 0 Å². The fourth-order valence-electron chi connectivity index (χ4n) is 4.22. The van der Waals surface area contributed by atoms with E-state index in [2.05, 4.69) is 25.3 Å². The minimum absolute atomic E-state index is 0.230. The number of fused-ring (bicyclic) bond motifs is 2. The topological polar surface area (TPSA) is 103 Å². The van der Waals surface area contributed by atoms with Crippen molar-refractivity contribution in [3.05, 3.63) is 60.8 Å². The second-order valence-corrected chi connectivity index (χ2v) is 9.00. The molecule has 10 nitrogen and oxygen atoms in total. The van der Waals surface area contributed by atoms with Crippen molar-refractivity contribution in [2.75, 3.05) is 30.4 Å². The first-order valence-corrected chi connectivity index (χ1v) is 11.8. The van der Waals surface area contributed by atoms with Gasteiger partial charge < -0.3 is 24.3 Å². The van der Waals surface area contributed by atoms with Crippen molar-refractivity contribution in [1.82, 2.24) is 29.5 Å². The van der Waals surface area contributed by atoms with Gasteiger partial charge in [-0.05, 0) is 49.2 Å². The summed E-state index contributed by atoms with van der Waals surface area (Å²) in [5.74, 6) is 2.74. The smallest absolute Gasteiger partial charge is 0.225 e. The lowest BCUT2D eigenvalue weighted by Gasteiger charge is -2.30. The van der Waals surface area contributed by atoms with Crippen LogP contribution in [0.3, 0.4) is 0 Å². The van der Waals surface area contributed by atoms with Crippen LogP contribution in [-0.2, 0) is 11.8 Å². The summed E-state index contributed by atoms with van der Waals surface area (Å²) in [4.78, 5) is 24.4. The van der Waals surface area contributed by atoms with Gasteiger partial charge in [-0.15, -0.1) is 0 Å². The number of likely N-dealkylation sites (N-methyl/N-ethyl adjacent to an activating group) is 1. The predicted octanol–water partition coefficient (Wildman–Crippen LogP) is 4.38. The van der Waals surface area contributed by atoms with Gasteiger partial charge in [-0.3, -0.25) is 0 Å². The Labute approximate surface area is 208 Å². The summed E-state index contributed by atoms with van der Waals surface area (Å²) in [5, 5.41) is 3.38. The number of ether oxygens (including phenoxy) is 2. The fraction of sp³-hybridized carbons (Fsp3) is 0.269. The van der Waals surface area contributed by atoms with E-state index < -0.39 is 0 Å². The van der Waals surface area contributed by atoms with Gasteiger partial charge >= 0.3 is 0 Å². The lowest BCUT2D eigenvalue weighted by Crippen LogP contribution is -2.38. The van der Waals surface area contributed by atoms with Gasteiger partial charge in [0.15, 0.2) is 5.82 Å². The lowest BCUT2D eigenvalue weighted by atomic mass is 10.2. The number of anilines is 3. The molecule has 182 valence electrons. The maximum atomic E-state index is 6.15. The van der Waals surface area contributed by atoms with E-state index >= 15 is 0 Å². The molecule has 0 amide bonds. The number of aromatic nitrogens is 6. The second-order valence-electron chi connectivity index (χ2n) is 9.00. The molecule has 0 unspecified atom stereocenters. The van der Waals surface area contributed by atoms with Crippen LogP contribution in [0, 0.1) is 6.92 Å². The molecule has 1 aliphatic rings. The zero-order chi connectivity index (χ0) is 24.6. The number of nitrogens with zero attached hydrogens (tertiary/aromatic N) is 7. The number of imidazole rings is 1. The molecular formula is C26H26N8O2. The lowest BCUT2D eigenvalue weighted by molar-refractivity contribution is -0.0441. The summed E-state index contributed by atoms with van der Waals surface area (Å²) in [6.45, 7) is 3.58. The number of benzene rings is 2. The molecule has 0 spiro atoms. The molecule has 36 heavy (non-hydrogen) atoms. The maximum absolute atomic E-state index is 6.15. The molecule has 1 saturated heterocycles. The van der Waals surface area contributed by atoms with E-state index in [4.69, 9.17) is 14.5 Å². The van der Waals surface area contributed by atoms with E-state index in [9.17, 15) is 0 Å². The molecule has 2 aromatic carbocycles. The van der Waals surface area contributed by atoms with Crippen LogP contribution in [-0.4, -0.2) is 55.8 Å². The maximum Gasteiger partial charge on any atom is 0.225 e. The number of aryl methyl sites for hydroxylation is 2. The van der Waals surface area contributed by atoms with Crippen LogP contribution in [0.25, 0.3) is 22.1 Å². The SMILES string of the molecule is Cc1cc(Nc2ncnc3cnc(N(C)C[C@@H]4CCO4)nc23)ccc1Oc1ccc2c(c1)ncn2C. The highest BCUT2D eigenvalue weighted by atomic mass is 16.5. The standard InChI is InChI=1S/C26H26N8O2/c1-16-10-17(4-7-23(16)36-18-5-6-22-20(11-18)30-15-34(22)3)31-25-24-21(28-14-29-25)12-27-26(32-24)33(2)13-19-8-9-35-19/h4-7,10-12,14-15,19H,8-9,13H2,1-3H3,(H,28,29,31)/t19-/m0/s1. The highest BCUT2D eigenvalue weighted by Gasteiger charge is 2.21. The summed E-state index contributed by atoms with van der Waals surface area (Å²) >= 11 is 0. The van der Waals surface area contributed by atoms with Gasteiger partial charge in [-0.1, -0.05) is 0 Å². The molecule has 1 N–H and O–H groups in total. The van der Waals surface area contributed by atoms with Crippen molar-refractivity contribution < 1.29 is 9.47 Å². The molecule has 0 radical (unpaired) electrons. The van der Waals surface area contributed by atoms with E-state index in [1.807, 2.05) is 66.9 Å². The van der Waals surface area contributed by atoms with Gasteiger partial charge in [0.2, 0.25) is 5.95 Å². The molecule has 4 heterocycles. The summed E-state index contributed by atoms with van der Waals surface area (Å²) < 4.78 is 13.7. The predicted molar refractivity (Wildman–Crippen MR) is 138 cm³/mol. The highest BCUT2D eigenvalue weighted by Crippen LogP contribution is 2.31. The van der Waals surface area contributed by atoms with Crippen LogP contribution in [0.2, 0.25) is 0 Å². The van der Waals surface area contributed by atoms with E-state index in [-0.39, 0.29) is 6.10 Å². The van der Waals surface area contributed by atoms with Gasteiger partial charge in [0, 0.05) is 39.0 Å². The summed E-state index contributed by atoms with van der Waals surface area (Å²) in [6.07, 6.45) is 6.32. The molecule has 10 heteroatoms. The van der Waals surface area contributed by atoms with Gasteiger partial charge in [0.1, 0.15) is 28.9 Å². The average Bonchev–Trinajstić information content (AvgIpc) is 3.23. The quantitative estimate of drug-likeness (QED) is 0.362. The van der Waals surface area contributed by atoms with Crippen LogP contribution in [0.1, 0.15) is 12.0 Å². The van der Waals surface area contributed by atoms with Gasteiger partial charge in [0.25, 0.3) is 0 Å². The third kappa shape index (κ3) is 4.27. The Kier molecular flexibility index (Phi) is 5.57. The Hall–Kier alpha value is -4.31. The van der Waals surface area contributed by atoms with Gasteiger partial charge in [-0.25, -0.2) is 24.9 Å². The molecular weight excluding hydrogens is 456 g/mol. The third-order valence-corrected chi connectivity index (χ3v) is 6.34. The fourth-order valence-corrected chi connectivity index (χ4v) is 4.22. The molecule has 0 aliphatic carbocycles. The molecule has 6 rings (SSSR count). The summed E-state index contributed by atoms with van der Waals surface area (Å²) in [7, 11) is 3.94. The molecule has 0 saturated carbocycles. The van der Waals surface area contributed by atoms with Crippen LogP contribution in [0.15, 0.2) is 55.2 Å². The minimum Gasteiger partial charge on any atom is -0.457 e. The Morgan fingerprint density at radius 1 is 1.11 bits per heavy atom. The van der Waals surface area contributed by atoms with E-state index in [0.717, 1.165) is 53.4 Å². The number of hydrogen-bond donors (Lipinski definition) is 1. The van der Waals surface area contributed by atoms with Crippen LogP contribution in [0.4, 0.5) is 17.5 Å².